The summed E-state index contributed by atoms with van der Waals surface area (Å²) in [7, 11) is 1.76. The van der Waals surface area contributed by atoms with Crippen molar-refractivity contribution >= 4 is 16.9 Å². The van der Waals surface area contributed by atoms with Gasteiger partial charge in [0.2, 0.25) is 0 Å². The average molecular weight is 529 g/mol. The maximum Gasteiger partial charge on any atom is 0.280 e. The molecule has 39 heavy (non-hydrogen) atoms. The molecule has 0 fully saturated rings. The normalized spacial score (nSPS) is 18.3. The third kappa shape index (κ3) is 4.23. The second-order valence-corrected chi connectivity index (χ2v) is 11.0. The van der Waals surface area contributed by atoms with Crippen molar-refractivity contribution in [2.45, 2.75) is 53.0 Å². The number of aliphatic hydroxyl groups excluding tert-OH is 2. The molecule has 0 radical (unpaired) electrons. The first-order chi connectivity index (χ1) is 18.7. The number of fused-ring (bicyclic) bond motifs is 3. The molecule has 5 heterocycles. The van der Waals surface area contributed by atoms with E-state index in [1.807, 2.05) is 23.6 Å². The highest BCUT2D eigenvalue weighted by Crippen LogP contribution is 2.37. The topological polar surface area (TPSA) is 126 Å². The lowest BCUT2D eigenvalue weighted by Crippen LogP contribution is -2.34. The van der Waals surface area contributed by atoms with Crippen molar-refractivity contribution in [3.05, 3.63) is 87.6 Å². The van der Waals surface area contributed by atoms with E-state index in [1.54, 1.807) is 53.6 Å². The number of aliphatic hydroxyl groups is 2. The van der Waals surface area contributed by atoms with Crippen LogP contribution in [0.15, 0.2) is 59.7 Å². The maximum absolute atomic E-state index is 13.7. The third-order valence-electron chi connectivity index (χ3n) is 7.53. The van der Waals surface area contributed by atoms with Crippen LogP contribution >= 0.6 is 0 Å². The summed E-state index contributed by atoms with van der Waals surface area (Å²) < 4.78 is 5.17. The van der Waals surface area contributed by atoms with Crippen LogP contribution in [0.2, 0.25) is 0 Å². The molecular weight excluding hydrogens is 496 g/mol. The van der Waals surface area contributed by atoms with Gasteiger partial charge < -0.3 is 24.8 Å². The second kappa shape index (κ2) is 9.21. The summed E-state index contributed by atoms with van der Waals surface area (Å²) in [4.78, 5) is 19.8. The van der Waals surface area contributed by atoms with Gasteiger partial charge in [-0.1, -0.05) is 19.1 Å². The van der Waals surface area contributed by atoms with Crippen molar-refractivity contribution in [3.8, 4) is 5.82 Å². The van der Waals surface area contributed by atoms with E-state index in [0.717, 1.165) is 18.4 Å². The van der Waals surface area contributed by atoms with Crippen molar-refractivity contribution in [1.29, 1.82) is 0 Å². The Balaban J connectivity index is 1.41. The molecule has 0 spiro atoms. The molecule has 4 aromatic heterocycles. The number of likely N-dealkylation sites (N-methyl/N-ethyl adjacent to an activating group) is 1. The molecule has 0 saturated heterocycles. The van der Waals surface area contributed by atoms with Crippen LogP contribution in [0.1, 0.15) is 43.2 Å². The average Bonchev–Trinajstić information content (AvgIpc) is 3.59. The van der Waals surface area contributed by atoms with E-state index < -0.39 is 6.23 Å². The molecule has 6 rings (SSSR count). The predicted octanol–water partition coefficient (Wildman–Crippen LogP) is 2.31. The molecule has 0 bridgehead atoms. The van der Waals surface area contributed by atoms with Crippen molar-refractivity contribution < 1.29 is 10.2 Å². The number of allylic oxidation sites excluding steroid dienone is 2. The van der Waals surface area contributed by atoms with Gasteiger partial charge in [-0.25, -0.2) is 4.98 Å². The van der Waals surface area contributed by atoms with Gasteiger partial charge in [-0.3, -0.25) is 14.0 Å². The monoisotopic (exact) mass is 528 g/mol. The molecule has 202 valence electrons. The lowest BCUT2D eigenvalue weighted by molar-refractivity contribution is 0.0878. The standard InChI is InChI=1S/C28H32N8O3/c1-5-34-15-24(31-32-34)30-21-10-18(14-33(4)26(21)38)19-6-7-29-25(20(19)16-37)36-9-8-35-22(27(36)39)11-17-12-28(2,3)13-23(17)35/h6-11,14-15,26,30,37-38H,5,12-13,16H2,1-4H3. The zero-order valence-electron chi connectivity index (χ0n) is 22.5. The quantitative estimate of drug-likeness (QED) is 0.348. The molecule has 11 nitrogen and oxygen atoms in total. The van der Waals surface area contributed by atoms with Crippen LogP contribution in [0.5, 0.6) is 0 Å². The van der Waals surface area contributed by atoms with Crippen LogP contribution in [0.4, 0.5) is 5.82 Å². The highest BCUT2D eigenvalue weighted by atomic mass is 16.3. The summed E-state index contributed by atoms with van der Waals surface area (Å²) in [6, 6.07) is 3.78. The third-order valence-corrected chi connectivity index (χ3v) is 7.53. The van der Waals surface area contributed by atoms with Crippen molar-refractivity contribution in [1.82, 2.24) is 33.8 Å². The number of aryl methyl sites for hydroxylation is 1. The summed E-state index contributed by atoms with van der Waals surface area (Å²) in [5, 5.41) is 32.6. The molecule has 0 saturated carbocycles. The minimum Gasteiger partial charge on any atom is -0.392 e. The number of rotatable bonds is 6. The van der Waals surface area contributed by atoms with E-state index in [4.69, 9.17) is 0 Å². The Kier molecular flexibility index (Phi) is 5.92. The highest BCUT2D eigenvalue weighted by Gasteiger charge is 2.32. The van der Waals surface area contributed by atoms with Gasteiger partial charge in [0.05, 0.1) is 18.5 Å². The van der Waals surface area contributed by atoms with Gasteiger partial charge in [0, 0.05) is 55.2 Å². The predicted molar refractivity (Wildman–Crippen MR) is 147 cm³/mol. The van der Waals surface area contributed by atoms with Gasteiger partial charge in [-0.05, 0) is 54.5 Å². The Bertz CT molecular complexity index is 1710. The largest absolute Gasteiger partial charge is 0.392 e. The Morgan fingerprint density at radius 1 is 1.23 bits per heavy atom. The van der Waals surface area contributed by atoms with Gasteiger partial charge in [0.15, 0.2) is 12.0 Å². The van der Waals surface area contributed by atoms with Gasteiger partial charge in [0.1, 0.15) is 11.3 Å². The molecule has 1 atom stereocenters. The first kappa shape index (κ1) is 25.1. The Hall–Kier alpha value is -4.22. The number of nitrogens with one attached hydrogen (secondary N) is 1. The van der Waals surface area contributed by atoms with Crippen LogP contribution in [0.25, 0.3) is 16.9 Å². The smallest absolute Gasteiger partial charge is 0.280 e. The second-order valence-electron chi connectivity index (χ2n) is 11.0. The molecule has 1 aliphatic heterocycles. The zero-order valence-corrected chi connectivity index (χ0v) is 22.5. The number of hydrogen-bond acceptors (Lipinski definition) is 8. The van der Waals surface area contributed by atoms with Gasteiger partial charge >= 0.3 is 0 Å². The highest BCUT2D eigenvalue weighted by molar-refractivity contribution is 5.79. The summed E-state index contributed by atoms with van der Waals surface area (Å²) >= 11 is 0. The lowest BCUT2D eigenvalue weighted by Gasteiger charge is -2.30. The molecule has 1 aliphatic carbocycles. The maximum atomic E-state index is 13.7. The minimum absolute atomic E-state index is 0.183. The number of anilines is 1. The minimum atomic E-state index is -0.925. The van der Waals surface area contributed by atoms with Gasteiger partial charge in [-0.15, -0.1) is 5.10 Å². The van der Waals surface area contributed by atoms with Crippen LogP contribution in [0, 0.1) is 5.41 Å². The summed E-state index contributed by atoms with van der Waals surface area (Å²) in [6.07, 6.45) is 11.5. The SMILES string of the molecule is CCn1cc(NC2=CC(c3ccnc(-n4ccn5c6c(cc5c4=O)CC(C)(C)C6)c3CO)=CN(C)C2O)nn1. The van der Waals surface area contributed by atoms with E-state index in [9.17, 15) is 15.0 Å². The fourth-order valence-corrected chi connectivity index (χ4v) is 5.64. The van der Waals surface area contributed by atoms with Crippen LogP contribution in [-0.2, 0) is 26.0 Å². The van der Waals surface area contributed by atoms with Crippen LogP contribution < -0.4 is 10.9 Å². The zero-order chi connectivity index (χ0) is 27.5. The first-order valence-corrected chi connectivity index (χ1v) is 13.0. The van der Waals surface area contributed by atoms with Gasteiger partial charge in [0.25, 0.3) is 5.56 Å². The summed E-state index contributed by atoms with van der Waals surface area (Å²) in [5.74, 6) is 0.879. The fourth-order valence-electron chi connectivity index (χ4n) is 5.64. The fraction of sp³-hybridized carbons (Fsp3) is 0.357. The number of aromatic nitrogens is 6. The molecule has 0 aromatic carbocycles. The van der Waals surface area contributed by atoms with E-state index in [1.165, 1.54) is 15.8 Å². The molecular formula is C28H32N8O3. The Morgan fingerprint density at radius 2 is 2.05 bits per heavy atom. The summed E-state index contributed by atoms with van der Waals surface area (Å²) in [6.45, 7) is 6.79. The molecule has 1 unspecified atom stereocenters. The number of hydrogen-bond donors (Lipinski definition) is 3. The van der Waals surface area contributed by atoms with Crippen molar-refractivity contribution in [2.75, 3.05) is 12.4 Å². The van der Waals surface area contributed by atoms with Crippen molar-refractivity contribution in [2.24, 2.45) is 5.41 Å². The Morgan fingerprint density at radius 3 is 2.79 bits per heavy atom. The van der Waals surface area contributed by atoms with Gasteiger partial charge in [-0.2, -0.15) is 0 Å². The molecule has 11 heteroatoms. The van der Waals surface area contributed by atoms with Crippen molar-refractivity contribution in [3.63, 3.8) is 0 Å². The van der Waals surface area contributed by atoms with Crippen LogP contribution in [-0.4, -0.2) is 57.3 Å². The molecule has 2 aliphatic rings. The number of pyridine rings is 1. The first-order valence-electron chi connectivity index (χ1n) is 13.0. The van der Waals surface area contributed by atoms with E-state index >= 15 is 0 Å². The van der Waals surface area contributed by atoms with Crippen LogP contribution in [0.3, 0.4) is 0 Å². The van der Waals surface area contributed by atoms with E-state index in [2.05, 4.69) is 34.5 Å². The Labute approximate surface area is 225 Å². The number of nitrogens with zero attached hydrogens (tertiary/aromatic N) is 7. The lowest BCUT2D eigenvalue weighted by atomic mass is 9.90. The van der Waals surface area contributed by atoms with E-state index in [0.29, 0.717) is 40.5 Å². The van der Waals surface area contributed by atoms with E-state index in [-0.39, 0.29) is 17.6 Å². The summed E-state index contributed by atoms with van der Waals surface area (Å²) in [5.41, 5.74) is 5.42. The molecule has 3 N–H and O–H groups in total. The molecule has 4 aromatic rings. The molecule has 0 amide bonds.